The summed E-state index contributed by atoms with van der Waals surface area (Å²) >= 11 is 0. The molecule has 2 saturated heterocycles. The first-order chi connectivity index (χ1) is 18.0. The van der Waals surface area contributed by atoms with Crippen molar-refractivity contribution in [2.24, 2.45) is 0 Å². The lowest BCUT2D eigenvalue weighted by molar-refractivity contribution is -0.140. The normalized spacial score (nSPS) is 19.6. The van der Waals surface area contributed by atoms with Gasteiger partial charge in [0.05, 0.1) is 39.0 Å². The Morgan fingerprint density at radius 2 is 1.81 bits per heavy atom. The van der Waals surface area contributed by atoms with E-state index in [2.05, 4.69) is 11.5 Å². The fourth-order valence-electron chi connectivity index (χ4n) is 4.65. The predicted octanol–water partition coefficient (Wildman–Crippen LogP) is 3.02. The zero-order valence-electron chi connectivity index (χ0n) is 21.1. The number of ether oxygens (including phenoxy) is 4. The minimum Gasteiger partial charge on any atom is -0.507 e. The first kappa shape index (κ1) is 26.2. The van der Waals surface area contributed by atoms with Crippen molar-refractivity contribution in [3.8, 4) is 17.2 Å². The molecule has 2 fully saturated rings. The number of methoxy groups -OCH3 is 2. The Bertz CT molecular complexity index is 1170. The number of carbonyl (C=O) groups excluding carboxylic acids is 2. The summed E-state index contributed by atoms with van der Waals surface area (Å²) < 4.78 is 22.1. The minimum absolute atomic E-state index is 0.00158. The number of rotatable bonds is 10. The summed E-state index contributed by atoms with van der Waals surface area (Å²) in [5.41, 5.74) is 0.942. The smallest absolute Gasteiger partial charge is 0.295 e. The van der Waals surface area contributed by atoms with E-state index in [1.807, 2.05) is 0 Å². The lowest BCUT2D eigenvalue weighted by Gasteiger charge is -2.31. The van der Waals surface area contributed by atoms with Crippen molar-refractivity contribution in [3.05, 3.63) is 71.8 Å². The van der Waals surface area contributed by atoms with E-state index in [1.165, 1.54) is 19.1 Å². The quantitative estimate of drug-likeness (QED) is 0.226. The lowest BCUT2D eigenvalue weighted by Crippen LogP contribution is -2.42. The Morgan fingerprint density at radius 3 is 2.46 bits per heavy atom. The number of ketones is 1. The van der Waals surface area contributed by atoms with Gasteiger partial charge in [0.1, 0.15) is 18.1 Å². The van der Waals surface area contributed by atoms with Gasteiger partial charge in [-0.1, -0.05) is 24.8 Å². The van der Waals surface area contributed by atoms with E-state index in [-0.39, 0.29) is 11.3 Å². The van der Waals surface area contributed by atoms with Gasteiger partial charge in [0, 0.05) is 37.3 Å². The summed E-state index contributed by atoms with van der Waals surface area (Å²) in [6.45, 7) is 7.57. The zero-order valence-corrected chi connectivity index (χ0v) is 21.1. The van der Waals surface area contributed by atoms with Crippen LogP contribution >= 0.6 is 0 Å². The molecule has 2 heterocycles. The molecule has 2 aromatic rings. The monoisotopic (exact) mass is 508 g/mol. The van der Waals surface area contributed by atoms with Gasteiger partial charge in [0.25, 0.3) is 11.7 Å². The number of hydrogen-bond acceptors (Lipinski definition) is 8. The van der Waals surface area contributed by atoms with Crippen molar-refractivity contribution >= 4 is 17.4 Å². The number of nitrogens with zero attached hydrogens (tertiary/aromatic N) is 2. The largest absolute Gasteiger partial charge is 0.507 e. The van der Waals surface area contributed by atoms with Crippen LogP contribution < -0.4 is 14.2 Å². The third-order valence-corrected chi connectivity index (χ3v) is 6.52. The molecule has 37 heavy (non-hydrogen) atoms. The van der Waals surface area contributed by atoms with Gasteiger partial charge in [0.2, 0.25) is 0 Å². The number of hydrogen-bond donors (Lipinski definition) is 1. The van der Waals surface area contributed by atoms with Crippen LogP contribution in [0.3, 0.4) is 0 Å². The second-order valence-corrected chi connectivity index (χ2v) is 8.65. The van der Waals surface area contributed by atoms with E-state index >= 15 is 0 Å². The number of morpholine rings is 1. The standard InChI is InChI=1S/C28H32N2O7/c1-4-16-37-20-10-8-19(9-11-20)25(31)23-24(21-6-5-7-22(34-2)27(21)35-3)30(28(33)26(23)32)13-12-29-14-17-36-18-15-29/h4-11,24,31H,1,12-18H2,2-3H3/t24-/m1/s1. The summed E-state index contributed by atoms with van der Waals surface area (Å²) in [5, 5.41) is 11.4. The van der Waals surface area contributed by atoms with Crippen LogP contribution in [0.4, 0.5) is 0 Å². The highest BCUT2D eigenvalue weighted by molar-refractivity contribution is 6.46. The van der Waals surface area contributed by atoms with E-state index in [0.717, 1.165) is 13.1 Å². The predicted molar refractivity (Wildman–Crippen MR) is 138 cm³/mol. The molecule has 4 rings (SSSR count). The summed E-state index contributed by atoms with van der Waals surface area (Å²) in [4.78, 5) is 30.4. The molecule has 0 aromatic heterocycles. The first-order valence-electron chi connectivity index (χ1n) is 12.1. The van der Waals surface area contributed by atoms with Crippen molar-refractivity contribution in [1.82, 2.24) is 9.80 Å². The van der Waals surface area contributed by atoms with Crippen LogP contribution in [0.5, 0.6) is 17.2 Å². The van der Waals surface area contributed by atoms with Crippen LogP contribution in [0.15, 0.2) is 60.7 Å². The van der Waals surface area contributed by atoms with Crippen LogP contribution in [0.1, 0.15) is 17.2 Å². The molecule has 0 radical (unpaired) electrons. The van der Waals surface area contributed by atoms with Gasteiger partial charge in [-0.25, -0.2) is 0 Å². The summed E-state index contributed by atoms with van der Waals surface area (Å²) in [6.07, 6.45) is 1.63. The summed E-state index contributed by atoms with van der Waals surface area (Å²) in [5.74, 6) is -0.238. The van der Waals surface area contributed by atoms with Gasteiger partial charge >= 0.3 is 0 Å². The topological polar surface area (TPSA) is 97.8 Å². The van der Waals surface area contributed by atoms with Crippen LogP contribution in [-0.4, -0.2) is 86.8 Å². The Labute approximate surface area is 216 Å². The Hall–Kier alpha value is -3.82. The molecule has 0 spiro atoms. The Morgan fingerprint density at radius 1 is 1.08 bits per heavy atom. The van der Waals surface area contributed by atoms with Gasteiger partial charge in [-0.2, -0.15) is 0 Å². The molecule has 2 aliphatic heterocycles. The Balaban J connectivity index is 1.77. The summed E-state index contributed by atoms with van der Waals surface area (Å²) in [7, 11) is 3.02. The molecular weight excluding hydrogens is 476 g/mol. The number of aliphatic hydroxyl groups excluding tert-OH is 1. The van der Waals surface area contributed by atoms with Gasteiger partial charge in [-0.05, 0) is 30.3 Å². The molecular formula is C28H32N2O7. The maximum absolute atomic E-state index is 13.4. The van der Waals surface area contributed by atoms with E-state index in [9.17, 15) is 14.7 Å². The number of carbonyl (C=O) groups is 2. The van der Waals surface area contributed by atoms with E-state index < -0.39 is 17.7 Å². The Kier molecular flexibility index (Phi) is 8.47. The second kappa shape index (κ2) is 11.9. The van der Waals surface area contributed by atoms with Gasteiger partial charge in [-0.15, -0.1) is 0 Å². The van der Waals surface area contributed by atoms with Crippen molar-refractivity contribution in [2.45, 2.75) is 6.04 Å². The molecule has 1 amide bonds. The molecule has 2 aromatic carbocycles. The van der Waals surface area contributed by atoms with Crippen molar-refractivity contribution in [1.29, 1.82) is 0 Å². The summed E-state index contributed by atoms with van der Waals surface area (Å²) in [6, 6.07) is 11.1. The number of para-hydroxylation sites is 1. The third kappa shape index (κ3) is 5.47. The van der Waals surface area contributed by atoms with E-state index in [4.69, 9.17) is 18.9 Å². The van der Waals surface area contributed by atoms with Crippen molar-refractivity contribution in [3.63, 3.8) is 0 Å². The van der Waals surface area contributed by atoms with Crippen molar-refractivity contribution < 1.29 is 33.6 Å². The molecule has 0 aliphatic carbocycles. The molecule has 0 saturated carbocycles. The molecule has 1 N–H and O–H groups in total. The van der Waals surface area contributed by atoms with Crippen LogP contribution in [0.2, 0.25) is 0 Å². The van der Waals surface area contributed by atoms with Gasteiger partial charge < -0.3 is 29.0 Å². The molecule has 196 valence electrons. The minimum atomic E-state index is -0.859. The van der Waals surface area contributed by atoms with Crippen molar-refractivity contribution in [2.75, 3.05) is 60.2 Å². The molecule has 2 aliphatic rings. The molecule has 1 atom stereocenters. The fraction of sp³-hybridized carbons (Fsp3) is 0.357. The number of amides is 1. The average molecular weight is 509 g/mol. The van der Waals surface area contributed by atoms with Crippen LogP contribution in [-0.2, 0) is 14.3 Å². The number of aliphatic hydroxyl groups is 1. The number of Topliss-reactive ketones (excluding diaryl/α,β-unsaturated/α-hetero) is 1. The maximum Gasteiger partial charge on any atom is 0.295 e. The highest BCUT2D eigenvalue weighted by Crippen LogP contribution is 2.45. The van der Waals surface area contributed by atoms with E-state index in [1.54, 1.807) is 48.5 Å². The lowest BCUT2D eigenvalue weighted by atomic mass is 9.94. The van der Waals surface area contributed by atoms with E-state index in [0.29, 0.717) is 61.3 Å². The van der Waals surface area contributed by atoms with Crippen LogP contribution in [0.25, 0.3) is 5.76 Å². The zero-order chi connectivity index (χ0) is 26.4. The fourth-order valence-corrected chi connectivity index (χ4v) is 4.65. The first-order valence-corrected chi connectivity index (χ1v) is 12.1. The average Bonchev–Trinajstić information content (AvgIpc) is 3.19. The number of likely N-dealkylation sites (tertiary alicyclic amines) is 1. The second-order valence-electron chi connectivity index (χ2n) is 8.65. The molecule has 9 heteroatoms. The molecule has 9 nitrogen and oxygen atoms in total. The van der Waals surface area contributed by atoms with Crippen LogP contribution in [0, 0.1) is 0 Å². The van der Waals surface area contributed by atoms with Gasteiger partial charge in [0.15, 0.2) is 11.5 Å². The molecule has 0 bridgehead atoms. The molecule has 0 unspecified atom stereocenters. The van der Waals surface area contributed by atoms with Gasteiger partial charge in [-0.3, -0.25) is 14.5 Å². The highest BCUT2D eigenvalue weighted by atomic mass is 16.5. The SMILES string of the molecule is C=CCOc1ccc(C(O)=C2C(=O)C(=O)N(CCN3CCOCC3)[C@@H]2c2cccc(OC)c2OC)cc1. The maximum atomic E-state index is 13.4. The highest BCUT2D eigenvalue weighted by Gasteiger charge is 2.47. The third-order valence-electron chi connectivity index (χ3n) is 6.52. The number of benzene rings is 2.